The first-order valence-corrected chi connectivity index (χ1v) is 7.87. The molecule has 0 amide bonds. The Labute approximate surface area is 100 Å². The second-order valence-corrected chi connectivity index (χ2v) is 9.15. The molecule has 0 aliphatic rings. The van der Waals surface area contributed by atoms with Crippen LogP contribution in [0.15, 0.2) is 70.5 Å². The van der Waals surface area contributed by atoms with E-state index in [1.54, 1.807) is 24.3 Å². The SMILES string of the molecule is NS(N)(N)(N)(c1ccccc1)c1ccccc1. The Balaban J connectivity index is 2.76. The molecule has 8 N–H and O–H groups in total. The van der Waals surface area contributed by atoms with Crippen LogP contribution in [0.5, 0.6) is 0 Å². The summed E-state index contributed by atoms with van der Waals surface area (Å²) < 4.78 is 0. The summed E-state index contributed by atoms with van der Waals surface area (Å²) in [4.78, 5) is 1.11. The van der Waals surface area contributed by atoms with Gasteiger partial charge >= 0.3 is 0 Å². The van der Waals surface area contributed by atoms with E-state index in [9.17, 15) is 0 Å². The summed E-state index contributed by atoms with van der Waals surface area (Å²) in [6, 6.07) is 18.0. The predicted octanol–water partition coefficient (Wildman–Crippen LogP) is 1.48. The van der Waals surface area contributed by atoms with Gasteiger partial charge in [-0.2, -0.15) is 0 Å². The predicted molar refractivity (Wildman–Crippen MR) is 73.8 cm³/mol. The fourth-order valence-electron chi connectivity index (χ4n) is 1.74. The molecule has 92 valence electrons. The van der Waals surface area contributed by atoms with Crippen LogP contribution in [0.3, 0.4) is 0 Å². The van der Waals surface area contributed by atoms with Gasteiger partial charge in [0.15, 0.2) is 0 Å². The maximum atomic E-state index is 6.30. The summed E-state index contributed by atoms with van der Waals surface area (Å²) in [6.45, 7) is 0. The van der Waals surface area contributed by atoms with Crippen LogP contribution in [0.25, 0.3) is 0 Å². The smallest absolute Gasteiger partial charge is 0.0244 e. The summed E-state index contributed by atoms with van der Waals surface area (Å²) in [7, 11) is -4.38. The molecule has 17 heavy (non-hydrogen) atoms. The maximum Gasteiger partial charge on any atom is 0.0244 e. The van der Waals surface area contributed by atoms with Crippen molar-refractivity contribution in [2.45, 2.75) is 9.79 Å². The van der Waals surface area contributed by atoms with Gasteiger partial charge in [0.05, 0.1) is 0 Å². The van der Waals surface area contributed by atoms with Crippen molar-refractivity contribution in [3.05, 3.63) is 60.7 Å². The molecular formula is C12H18N4S. The molecular weight excluding hydrogens is 232 g/mol. The van der Waals surface area contributed by atoms with Crippen LogP contribution in [0.1, 0.15) is 0 Å². The minimum Gasteiger partial charge on any atom is -0.272 e. The van der Waals surface area contributed by atoms with E-state index in [-0.39, 0.29) is 0 Å². The molecule has 2 aromatic rings. The standard InChI is InChI=1S/C12H18N4S/c13-17(14,15,16,11-7-3-1-4-8-11)12-9-5-2-6-10-12/h1-10H,13-16H2. The molecule has 0 atom stereocenters. The molecule has 0 saturated carbocycles. The molecule has 0 spiro atoms. The first-order valence-electron chi connectivity index (χ1n) is 5.17. The minimum absolute atomic E-state index is 0.554. The fraction of sp³-hybridized carbons (Fsp3) is 0. The van der Waals surface area contributed by atoms with Crippen molar-refractivity contribution < 1.29 is 0 Å². The molecule has 0 saturated heterocycles. The van der Waals surface area contributed by atoms with Crippen molar-refractivity contribution in [2.75, 3.05) is 0 Å². The highest BCUT2D eigenvalue weighted by Crippen LogP contribution is 2.74. The molecule has 0 radical (unpaired) electrons. The number of rotatable bonds is 2. The van der Waals surface area contributed by atoms with Crippen LogP contribution < -0.4 is 20.6 Å². The zero-order valence-corrected chi connectivity index (χ0v) is 10.3. The molecule has 0 unspecified atom stereocenters. The summed E-state index contributed by atoms with van der Waals surface area (Å²) in [5.74, 6) is 0. The van der Waals surface area contributed by atoms with Gasteiger partial charge in [-0.05, 0) is 24.3 Å². The van der Waals surface area contributed by atoms with E-state index in [2.05, 4.69) is 0 Å². The van der Waals surface area contributed by atoms with E-state index in [1.165, 1.54) is 0 Å². The molecule has 0 aromatic heterocycles. The Hall–Kier alpha value is -1.37. The Kier molecular flexibility index (Phi) is 2.20. The van der Waals surface area contributed by atoms with Gasteiger partial charge in [-0.15, -0.1) is 0 Å². The van der Waals surface area contributed by atoms with Crippen molar-refractivity contribution in [1.29, 1.82) is 0 Å². The molecule has 0 aliphatic heterocycles. The number of hydrogen-bond donors (Lipinski definition) is 4. The van der Waals surface area contributed by atoms with Crippen LogP contribution in [0, 0.1) is 0 Å². The summed E-state index contributed by atoms with van der Waals surface area (Å²) in [5.41, 5.74) is 0. The average molecular weight is 250 g/mol. The van der Waals surface area contributed by atoms with Gasteiger partial charge in [0, 0.05) is 9.79 Å². The van der Waals surface area contributed by atoms with E-state index >= 15 is 0 Å². The lowest BCUT2D eigenvalue weighted by Gasteiger charge is -2.68. The third-order valence-corrected chi connectivity index (χ3v) is 6.00. The van der Waals surface area contributed by atoms with Gasteiger partial charge < -0.3 is 0 Å². The van der Waals surface area contributed by atoms with E-state index in [4.69, 9.17) is 20.6 Å². The quantitative estimate of drug-likeness (QED) is 0.648. The maximum absolute atomic E-state index is 6.30. The average Bonchev–Trinajstić information content (AvgIpc) is 2.30. The Morgan fingerprint density at radius 2 is 0.824 bits per heavy atom. The molecule has 0 aliphatic carbocycles. The Bertz CT molecular complexity index is 484. The summed E-state index contributed by atoms with van der Waals surface area (Å²) in [6.07, 6.45) is 0. The van der Waals surface area contributed by atoms with Gasteiger partial charge in [0.2, 0.25) is 0 Å². The van der Waals surface area contributed by atoms with Gasteiger partial charge in [-0.3, -0.25) is 20.6 Å². The lowest BCUT2D eigenvalue weighted by Crippen LogP contribution is -2.65. The van der Waals surface area contributed by atoms with Crippen molar-refractivity contribution >= 4 is 9.04 Å². The monoisotopic (exact) mass is 250 g/mol. The lowest BCUT2D eigenvalue weighted by molar-refractivity contribution is 1.18. The minimum atomic E-state index is -4.38. The van der Waals surface area contributed by atoms with Gasteiger partial charge in [-0.1, -0.05) is 45.4 Å². The van der Waals surface area contributed by atoms with Crippen LogP contribution in [-0.2, 0) is 0 Å². The zero-order chi connectivity index (χ0) is 12.6. The second kappa shape index (κ2) is 3.10. The van der Waals surface area contributed by atoms with Crippen molar-refractivity contribution in [1.82, 2.24) is 0 Å². The molecule has 2 rings (SSSR count). The molecule has 0 bridgehead atoms. The number of benzene rings is 2. The number of nitrogens with two attached hydrogens (primary N) is 4. The molecule has 2 aromatic carbocycles. The van der Waals surface area contributed by atoms with Gasteiger partial charge in [0.1, 0.15) is 0 Å². The first-order chi connectivity index (χ1) is 7.74. The van der Waals surface area contributed by atoms with E-state index in [1.807, 2.05) is 36.4 Å². The van der Waals surface area contributed by atoms with Crippen LogP contribution in [0.4, 0.5) is 0 Å². The van der Waals surface area contributed by atoms with Crippen molar-refractivity contribution in [3.63, 3.8) is 0 Å². The molecule has 4 nitrogen and oxygen atoms in total. The highest BCUT2D eigenvalue weighted by Gasteiger charge is 2.47. The van der Waals surface area contributed by atoms with E-state index < -0.39 is 9.04 Å². The largest absolute Gasteiger partial charge is 0.272 e. The highest BCUT2D eigenvalue weighted by atomic mass is 32.4. The van der Waals surface area contributed by atoms with Crippen LogP contribution in [0.2, 0.25) is 0 Å². The molecule has 0 fully saturated rings. The van der Waals surface area contributed by atoms with Crippen LogP contribution >= 0.6 is 9.04 Å². The Morgan fingerprint density at radius 1 is 0.529 bits per heavy atom. The Morgan fingerprint density at radius 3 is 1.12 bits per heavy atom. The lowest BCUT2D eigenvalue weighted by atomic mass is 10.4. The van der Waals surface area contributed by atoms with E-state index in [0.29, 0.717) is 9.79 Å². The third-order valence-electron chi connectivity index (χ3n) is 2.81. The zero-order valence-electron chi connectivity index (χ0n) is 9.49. The summed E-state index contributed by atoms with van der Waals surface area (Å²) >= 11 is 0. The third kappa shape index (κ3) is 1.95. The topological polar surface area (TPSA) is 104 Å². The second-order valence-electron chi connectivity index (χ2n) is 4.49. The fourth-order valence-corrected chi connectivity index (χ4v) is 3.86. The number of hydrogen-bond acceptors (Lipinski definition) is 4. The van der Waals surface area contributed by atoms with Crippen molar-refractivity contribution in [3.8, 4) is 0 Å². The van der Waals surface area contributed by atoms with Crippen molar-refractivity contribution in [2.24, 2.45) is 20.6 Å². The molecule has 5 heteroatoms. The normalized spacial score (nSPS) is 16.0. The van der Waals surface area contributed by atoms with Gasteiger partial charge in [0.25, 0.3) is 0 Å². The molecule has 0 heterocycles. The van der Waals surface area contributed by atoms with Gasteiger partial charge in [-0.25, -0.2) is 0 Å². The van der Waals surface area contributed by atoms with E-state index in [0.717, 1.165) is 0 Å². The van der Waals surface area contributed by atoms with Crippen LogP contribution in [-0.4, -0.2) is 0 Å². The highest BCUT2D eigenvalue weighted by molar-refractivity contribution is 8.58. The first kappa shape index (κ1) is 12.1. The summed E-state index contributed by atoms with van der Waals surface area (Å²) in [5, 5.41) is 25.2.